The maximum absolute atomic E-state index is 11.9. The molecule has 1 saturated heterocycles. The predicted molar refractivity (Wildman–Crippen MR) is 123 cm³/mol. The average Bonchev–Trinajstić information content (AvgIpc) is 2.79. The van der Waals surface area contributed by atoms with Gasteiger partial charge < -0.3 is 15.3 Å². The quantitative estimate of drug-likeness (QED) is 0.521. The summed E-state index contributed by atoms with van der Waals surface area (Å²) in [4.78, 5) is 33.9. The van der Waals surface area contributed by atoms with E-state index in [1.54, 1.807) is 6.07 Å². The molecule has 166 valence electrons. The van der Waals surface area contributed by atoms with Crippen molar-refractivity contribution in [3.05, 3.63) is 48.7 Å². The second-order valence-electron chi connectivity index (χ2n) is 7.89. The number of aromatic nitrogens is 2. The van der Waals surface area contributed by atoms with Crippen molar-refractivity contribution in [2.75, 3.05) is 44.0 Å². The summed E-state index contributed by atoms with van der Waals surface area (Å²) in [6, 6.07) is 13.4. The number of carboxylic acid groups (broad SMARTS) is 1. The Morgan fingerprint density at radius 1 is 1.03 bits per heavy atom. The molecule has 2 aromatic carbocycles. The number of hydrazine groups is 1. The highest BCUT2D eigenvalue weighted by atomic mass is 16.4. The Labute approximate surface area is 186 Å². The Morgan fingerprint density at radius 3 is 2.59 bits per heavy atom. The Morgan fingerprint density at radius 2 is 1.81 bits per heavy atom. The van der Waals surface area contributed by atoms with E-state index in [0.717, 1.165) is 48.2 Å². The fourth-order valence-electron chi connectivity index (χ4n) is 3.55. The zero-order chi connectivity index (χ0) is 22.5. The lowest BCUT2D eigenvalue weighted by atomic mass is 10.0. The molecule has 2 heterocycles. The van der Waals surface area contributed by atoms with Crippen molar-refractivity contribution < 1.29 is 14.7 Å². The van der Waals surface area contributed by atoms with Crippen molar-refractivity contribution in [3.8, 4) is 11.1 Å². The fourth-order valence-corrected chi connectivity index (χ4v) is 3.55. The minimum atomic E-state index is -0.992. The molecule has 3 N–H and O–H groups in total. The minimum Gasteiger partial charge on any atom is -0.481 e. The Kier molecular flexibility index (Phi) is 6.58. The van der Waals surface area contributed by atoms with E-state index >= 15 is 0 Å². The molecule has 1 aromatic heterocycles. The lowest BCUT2D eigenvalue weighted by Crippen LogP contribution is -2.47. The van der Waals surface area contributed by atoms with Gasteiger partial charge >= 0.3 is 5.97 Å². The number of carbonyl (C=O) groups is 2. The van der Waals surface area contributed by atoms with Gasteiger partial charge in [0.2, 0.25) is 11.9 Å². The molecule has 32 heavy (non-hydrogen) atoms. The lowest BCUT2D eigenvalue weighted by Gasteiger charge is -2.32. The molecule has 1 aliphatic heterocycles. The van der Waals surface area contributed by atoms with E-state index in [1.807, 2.05) is 42.6 Å². The highest BCUT2D eigenvalue weighted by molar-refractivity contribution is 5.93. The van der Waals surface area contributed by atoms with Crippen LogP contribution in [0.3, 0.4) is 0 Å². The van der Waals surface area contributed by atoms with Gasteiger partial charge in [-0.2, -0.15) is 0 Å². The topological polar surface area (TPSA) is 111 Å². The number of benzene rings is 2. The summed E-state index contributed by atoms with van der Waals surface area (Å²) in [5, 5.41) is 14.5. The number of hydrogen-bond acceptors (Lipinski definition) is 7. The van der Waals surface area contributed by atoms with Crippen LogP contribution < -0.4 is 10.7 Å². The SMILES string of the molecule is CN1CCN(Nc2ncc3cc(-c4cccc(NC(=O)CCC(=O)O)c4)ccc3n2)CC1. The van der Waals surface area contributed by atoms with Gasteiger partial charge in [-0.1, -0.05) is 18.2 Å². The number of amides is 1. The number of hydrogen-bond donors (Lipinski definition) is 3. The van der Waals surface area contributed by atoms with Crippen LogP contribution in [-0.2, 0) is 9.59 Å². The van der Waals surface area contributed by atoms with E-state index in [0.29, 0.717) is 11.6 Å². The molecule has 3 aromatic rings. The highest BCUT2D eigenvalue weighted by Gasteiger charge is 2.14. The van der Waals surface area contributed by atoms with Crippen LogP contribution in [0.2, 0.25) is 0 Å². The van der Waals surface area contributed by atoms with Crippen molar-refractivity contribution in [2.45, 2.75) is 12.8 Å². The molecule has 0 aliphatic carbocycles. The third-order valence-electron chi connectivity index (χ3n) is 5.39. The van der Waals surface area contributed by atoms with Crippen molar-refractivity contribution in [3.63, 3.8) is 0 Å². The van der Waals surface area contributed by atoms with E-state index in [-0.39, 0.29) is 18.7 Å². The van der Waals surface area contributed by atoms with Gasteiger partial charge in [-0.25, -0.2) is 15.0 Å². The highest BCUT2D eigenvalue weighted by Crippen LogP contribution is 2.26. The Hall–Kier alpha value is -3.56. The second-order valence-corrected chi connectivity index (χ2v) is 7.89. The summed E-state index contributed by atoms with van der Waals surface area (Å²) in [6.07, 6.45) is 1.56. The number of anilines is 2. The van der Waals surface area contributed by atoms with Crippen LogP contribution in [0, 0.1) is 0 Å². The van der Waals surface area contributed by atoms with Crippen molar-refractivity contribution >= 4 is 34.4 Å². The van der Waals surface area contributed by atoms with E-state index in [2.05, 4.69) is 37.7 Å². The molecule has 1 amide bonds. The van der Waals surface area contributed by atoms with Crippen molar-refractivity contribution in [1.29, 1.82) is 0 Å². The van der Waals surface area contributed by atoms with Crippen LogP contribution in [-0.4, -0.2) is 70.1 Å². The first-order valence-corrected chi connectivity index (χ1v) is 10.6. The van der Waals surface area contributed by atoms with Gasteiger partial charge in [0.25, 0.3) is 0 Å². The number of likely N-dealkylation sites (N-methyl/N-ethyl adjacent to an activating group) is 1. The molecule has 0 unspecified atom stereocenters. The van der Waals surface area contributed by atoms with E-state index in [1.165, 1.54) is 0 Å². The van der Waals surface area contributed by atoms with Crippen LogP contribution in [0.5, 0.6) is 0 Å². The number of carbonyl (C=O) groups excluding carboxylic acids is 1. The molecule has 9 heteroatoms. The molecule has 4 rings (SSSR count). The van der Waals surface area contributed by atoms with Crippen LogP contribution in [0.4, 0.5) is 11.6 Å². The summed E-state index contributed by atoms with van der Waals surface area (Å²) in [5.74, 6) is -0.730. The first kappa shape index (κ1) is 21.7. The number of aliphatic carboxylic acids is 1. The Balaban J connectivity index is 1.46. The van der Waals surface area contributed by atoms with Gasteiger partial charge in [-0.05, 0) is 42.4 Å². The molecular formula is C23H26N6O3. The largest absolute Gasteiger partial charge is 0.481 e. The normalized spacial score (nSPS) is 14.9. The van der Waals surface area contributed by atoms with Gasteiger partial charge in [-0.15, -0.1) is 0 Å². The molecule has 1 aliphatic rings. The average molecular weight is 435 g/mol. The molecule has 0 radical (unpaired) electrons. The molecule has 0 saturated carbocycles. The smallest absolute Gasteiger partial charge is 0.303 e. The fraction of sp³-hybridized carbons (Fsp3) is 0.304. The van der Waals surface area contributed by atoms with E-state index < -0.39 is 5.97 Å². The van der Waals surface area contributed by atoms with Gasteiger partial charge in [0.1, 0.15) is 0 Å². The number of rotatable bonds is 7. The van der Waals surface area contributed by atoms with Gasteiger partial charge in [-0.3, -0.25) is 15.0 Å². The number of carboxylic acids is 1. The molecular weight excluding hydrogens is 408 g/mol. The van der Waals surface area contributed by atoms with Gasteiger partial charge in [0, 0.05) is 49.9 Å². The first-order valence-electron chi connectivity index (χ1n) is 10.6. The van der Waals surface area contributed by atoms with Gasteiger partial charge in [0.15, 0.2) is 0 Å². The predicted octanol–water partition coefficient (Wildman–Crippen LogP) is 2.67. The van der Waals surface area contributed by atoms with Crippen LogP contribution >= 0.6 is 0 Å². The lowest BCUT2D eigenvalue weighted by molar-refractivity contribution is -0.138. The van der Waals surface area contributed by atoms with Gasteiger partial charge in [0.05, 0.1) is 11.9 Å². The summed E-state index contributed by atoms with van der Waals surface area (Å²) < 4.78 is 0. The van der Waals surface area contributed by atoms with Crippen LogP contribution in [0.25, 0.3) is 22.0 Å². The number of nitrogens with one attached hydrogen (secondary N) is 2. The summed E-state index contributed by atoms with van der Waals surface area (Å²) in [6.45, 7) is 3.84. The summed E-state index contributed by atoms with van der Waals surface area (Å²) in [7, 11) is 2.12. The minimum absolute atomic E-state index is 0.0582. The van der Waals surface area contributed by atoms with Crippen molar-refractivity contribution in [2.24, 2.45) is 0 Å². The van der Waals surface area contributed by atoms with E-state index in [9.17, 15) is 9.59 Å². The van der Waals surface area contributed by atoms with Crippen LogP contribution in [0.1, 0.15) is 12.8 Å². The zero-order valence-electron chi connectivity index (χ0n) is 17.9. The summed E-state index contributed by atoms with van der Waals surface area (Å²) in [5.41, 5.74) is 6.67. The second kappa shape index (κ2) is 9.71. The molecule has 0 atom stereocenters. The molecule has 1 fully saturated rings. The maximum Gasteiger partial charge on any atom is 0.303 e. The monoisotopic (exact) mass is 434 g/mol. The zero-order valence-corrected chi connectivity index (χ0v) is 17.9. The van der Waals surface area contributed by atoms with Crippen LogP contribution in [0.15, 0.2) is 48.7 Å². The molecule has 9 nitrogen and oxygen atoms in total. The number of piperazine rings is 1. The standard InChI is InChI=1S/C23H26N6O3/c1-28-9-11-29(12-10-28)27-23-24-15-18-13-17(5-6-20(18)26-23)16-3-2-4-19(14-16)25-21(30)7-8-22(31)32/h2-6,13-15H,7-12H2,1H3,(H,25,30)(H,31,32)(H,24,26,27). The molecule has 0 spiro atoms. The maximum atomic E-state index is 11.9. The third kappa shape index (κ3) is 5.57. The third-order valence-corrected chi connectivity index (χ3v) is 5.39. The molecule has 0 bridgehead atoms. The summed E-state index contributed by atoms with van der Waals surface area (Å²) >= 11 is 0. The first-order chi connectivity index (χ1) is 15.5. The van der Waals surface area contributed by atoms with Crippen molar-refractivity contribution in [1.82, 2.24) is 19.9 Å². The van der Waals surface area contributed by atoms with E-state index in [4.69, 9.17) is 5.11 Å². The Bertz CT molecular complexity index is 1130. The number of nitrogens with zero attached hydrogens (tertiary/aromatic N) is 4. The number of fused-ring (bicyclic) bond motifs is 1.